The Balaban J connectivity index is 1.80. The van der Waals surface area contributed by atoms with Crippen molar-refractivity contribution in [3.8, 4) is 11.9 Å². The maximum Gasteiger partial charge on any atom is 0.329 e. The Bertz CT molecular complexity index is 1420. The fraction of sp³-hybridized carbons (Fsp3) is 0.0952. The molecule has 32 heavy (non-hydrogen) atoms. The van der Waals surface area contributed by atoms with Crippen molar-refractivity contribution >= 4 is 35.2 Å². The van der Waals surface area contributed by atoms with E-state index in [0.29, 0.717) is 27.8 Å². The van der Waals surface area contributed by atoms with Crippen LogP contribution in [0.2, 0.25) is 5.02 Å². The van der Waals surface area contributed by atoms with Gasteiger partial charge in [0, 0.05) is 22.9 Å². The summed E-state index contributed by atoms with van der Waals surface area (Å²) in [7, 11) is 0. The van der Waals surface area contributed by atoms with E-state index in [-0.39, 0.29) is 16.4 Å². The molecule has 1 aromatic heterocycles. The van der Waals surface area contributed by atoms with Crippen LogP contribution in [0.4, 0.5) is 18.9 Å². The number of nitrogens with one attached hydrogen (secondary N) is 1. The quantitative estimate of drug-likeness (QED) is 0.551. The number of allylic oxidation sites excluding steroid dienone is 1. The number of aliphatic hydroxyl groups excluding tert-OH is 1. The smallest absolute Gasteiger partial charge is 0.329 e. The number of fused-ring (bicyclic) bond motifs is 1. The lowest BCUT2D eigenvalue weighted by Crippen LogP contribution is -2.26. The van der Waals surface area contributed by atoms with Gasteiger partial charge in [0.05, 0.1) is 23.2 Å². The molecule has 1 aliphatic rings. The summed E-state index contributed by atoms with van der Waals surface area (Å²) in [5, 5.41) is 29.1. The molecular formula is C21H12ClF3N4O3. The summed E-state index contributed by atoms with van der Waals surface area (Å²) >= 11 is 5.74. The number of nitrogens with zero attached hydrogens (tertiary/aromatic N) is 3. The van der Waals surface area contributed by atoms with Crippen molar-refractivity contribution in [3.05, 3.63) is 79.6 Å². The molecule has 0 saturated heterocycles. The van der Waals surface area contributed by atoms with Crippen LogP contribution in [-0.4, -0.2) is 32.6 Å². The Labute approximate surface area is 183 Å². The maximum atomic E-state index is 14.5. The van der Waals surface area contributed by atoms with E-state index in [0.717, 1.165) is 0 Å². The molecule has 0 amide bonds. The SMILES string of the molecule is N#Cc1cc(F)c(C(CO)n2c(O)c(/C=C3\C=Nc4c3ccc(Cl)c4F)[nH]c2=O)cc1F. The molecule has 7 nitrogen and oxygen atoms in total. The molecule has 11 heteroatoms. The minimum Gasteiger partial charge on any atom is -0.493 e. The van der Waals surface area contributed by atoms with E-state index in [9.17, 15) is 28.2 Å². The Kier molecular flexibility index (Phi) is 5.38. The van der Waals surface area contributed by atoms with Gasteiger partial charge in [-0.15, -0.1) is 0 Å². The number of aliphatic imine (C=N–C) groups is 1. The summed E-state index contributed by atoms with van der Waals surface area (Å²) in [6.07, 6.45) is 2.61. The number of benzene rings is 2. The van der Waals surface area contributed by atoms with Crippen LogP contribution in [0.5, 0.6) is 5.88 Å². The largest absolute Gasteiger partial charge is 0.493 e. The summed E-state index contributed by atoms with van der Waals surface area (Å²) in [4.78, 5) is 18.8. The number of aromatic hydroxyl groups is 1. The highest BCUT2D eigenvalue weighted by molar-refractivity contribution is 6.31. The van der Waals surface area contributed by atoms with Crippen LogP contribution in [0, 0.1) is 28.8 Å². The summed E-state index contributed by atoms with van der Waals surface area (Å²) in [5.41, 5.74) is -1.35. The number of nitriles is 1. The molecule has 1 aliphatic heterocycles. The summed E-state index contributed by atoms with van der Waals surface area (Å²) in [6.45, 7) is -0.863. The zero-order chi connectivity index (χ0) is 23.2. The Morgan fingerprint density at radius 3 is 2.72 bits per heavy atom. The first-order valence-electron chi connectivity index (χ1n) is 9.04. The third-order valence-corrected chi connectivity index (χ3v) is 5.28. The number of imidazole rings is 1. The topological polar surface area (TPSA) is 114 Å². The number of hydrogen-bond acceptors (Lipinski definition) is 5. The van der Waals surface area contributed by atoms with Gasteiger partial charge in [-0.05, 0) is 24.3 Å². The van der Waals surface area contributed by atoms with E-state index in [4.69, 9.17) is 16.9 Å². The highest BCUT2D eigenvalue weighted by Gasteiger charge is 2.26. The number of rotatable bonds is 4. The van der Waals surface area contributed by atoms with Gasteiger partial charge < -0.3 is 15.2 Å². The van der Waals surface area contributed by atoms with Gasteiger partial charge in [-0.25, -0.2) is 18.0 Å². The predicted octanol–water partition coefficient (Wildman–Crippen LogP) is 3.66. The number of hydrogen-bond donors (Lipinski definition) is 3. The average molecular weight is 461 g/mol. The molecule has 0 aliphatic carbocycles. The number of aromatic amines is 1. The second kappa shape index (κ2) is 8.03. The molecule has 2 heterocycles. The highest BCUT2D eigenvalue weighted by atomic mass is 35.5. The van der Waals surface area contributed by atoms with E-state index in [1.165, 1.54) is 30.5 Å². The third-order valence-electron chi connectivity index (χ3n) is 4.99. The number of aromatic nitrogens is 2. The fourth-order valence-electron chi connectivity index (χ4n) is 3.44. The van der Waals surface area contributed by atoms with Gasteiger partial charge in [-0.1, -0.05) is 17.7 Å². The van der Waals surface area contributed by atoms with Crippen LogP contribution >= 0.6 is 11.6 Å². The molecule has 162 valence electrons. The first kappa shape index (κ1) is 21.4. The molecule has 1 atom stereocenters. The van der Waals surface area contributed by atoms with Gasteiger partial charge in [-0.3, -0.25) is 9.56 Å². The molecule has 3 N–H and O–H groups in total. The highest BCUT2D eigenvalue weighted by Crippen LogP contribution is 2.38. The van der Waals surface area contributed by atoms with Crippen molar-refractivity contribution in [1.29, 1.82) is 5.26 Å². The number of halogens is 4. The van der Waals surface area contributed by atoms with Crippen LogP contribution in [0.1, 0.15) is 28.4 Å². The minimum atomic E-state index is -1.49. The maximum absolute atomic E-state index is 14.5. The Morgan fingerprint density at radius 1 is 1.28 bits per heavy atom. The molecule has 3 aromatic rings. The normalized spacial score (nSPS) is 14.6. The van der Waals surface area contributed by atoms with E-state index < -0.39 is 52.8 Å². The van der Waals surface area contributed by atoms with Gasteiger partial charge in [0.1, 0.15) is 29.1 Å². The van der Waals surface area contributed by atoms with Crippen molar-refractivity contribution in [2.24, 2.45) is 4.99 Å². The van der Waals surface area contributed by atoms with Crippen LogP contribution < -0.4 is 5.69 Å². The average Bonchev–Trinajstić information content (AvgIpc) is 3.29. The summed E-state index contributed by atoms with van der Waals surface area (Å²) in [5.74, 6) is -3.49. The van der Waals surface area contributed by atoms with Crippen molar-refractivity contribution in [2.45, 2.75) is 6.04 Å². The van der Waals surface area contributed by atoms with Crippen molar-refractivity contribution in [1.82, 2.24) is 9.55 Å². The first-order valence-corrected chi connectivity index (χ1v) is 9.42. The molecule has 0 spiro atoms. The van der Waals surface area contributed by atoms with E-state index >= 15 is 0 Å². The third kappa shape index (κ3) is 3.37. The van der Waals surface area contributed by atoms with E-state index in [1.54, 1.807) is 0 Å². The second-order valence-electron chi connectivity index (χ2n) is 6.82. The van der Waals surface area contributed by atoms with Gasteiger partial charge in [0.2, 0.25) is 5.88 Å². The number of H-pyrrole nitrogens is 1. The lowest BCUT2D eigenvalue weighted by molar-refractivity contribution is 0.234. The molecular weight excluding hydrogens is 449 g/mol. The van der Waals surface area contributed by atoms with Gasteiger partial charge >= 0.3 is 5.69 Å². The standard InChI is InChI=1S/C21H12ClF3N4O3/c22-13-2-1-11-10(7-27-19(11)18(13)25)4-16-20(31)29(21(32)28-16)17(8-30)12-5-14(23)9(6-26)3-15(12)24/h1-5,7,17,30-31H,8H2,(H,28,32)/b10-4+. The van der Waals surface area contributed by atoms with Crippen LogP contribution in [-0.2, 0) is 0 Å². The van der Waals surface area contributed by atoms with Crippen LogP contribution in [0.3, 0.4) is 0 Å². The molecule has 4 rings (SSSR count). The summed E-state index contributed by atoms with van der Waals surface area (Å²) < 4.78 is 43.3. The number of aliphatic hydroxyl groups is 1. The van der Waals surface area contributed by atoms with Gasteiger partial charge in [0.15, 0.2) is 5.82 Å². The van der Waals surface area contributed by atoms with E-state index in [1.807, 2.05) is 0 Å². The Morgan fingerprint density at radius 2 is 2.03 bits per heavy atom. The zero-order valence-corrected chi connectivity index (χ0v) is 16.7. The van der Waals surface area contributed by atoms with Crippen molar-refractivity contribution < 1.29 is 23.4 Å². The molecule has 2 aromatic carbocycles. The molecule has 1 unspecified atom stereocenters. The minimum absolute atomic E-state index is 0.00613. The van der Waals surface area contributed by atoms with Gasteiger partial charge in [0.25, 0.3) is 0 Å². The lowest BCUT2D eigenvalue weighted by Gasteiger charge is -2.17. The second-order valence-corrected chi connectivity index (χ2v) is 7.22. The molecule has 0 saturated carbocycles. The van der Waals surface area contributed by atoms with Crippen LogP contribution in [0.25, 0.3) is 11.6 Å². The first-order chi connectivity index (χ1) is 15.3. The monoisotopic (exact) mass is 460 g/mol. The van der Waals surface area contributed by atoms with E-state index in [2.05, 4.69) is 9.98 Å². The molecule has 0 radical (unpaired) electrons. The predicted molar refractivity (Wildman–Crippen MR) is 110 cm³/mol. The van der Waals surface area contributed by atoms with Gasteiger partial charge in [-0.2, -0.15) is 5.26 Å². The lowest BCUT2D eigenvalue weighted by atomic mass is 10.0. The zero-order valence-electron chi connectivity index (χ0n) is 15.9. The van der Waals surface area contributed by atoms with Crippen molar-refractivity contribution in [3.63, 3.8) is 0 Å². The fourth-order valence-corrected chi connectivity index (χ4v) is 3.60. The molecule has 0 bridgehead atoms. The molecule has 0 fully saturated rings. The Hall–Kier alpha value is -3.81. The van der Waals surface area contributed by atoms with Crippen LogP contribution in [0.15, 0.2) is 34.1 Å². The summed E-state index contributed by atoms with van der Waals surface area (Å²) in [6, 6.07) is 4.15. The van der Waals surface area contributed by atoms with Crippen molar-refractivity contribution in [2.75, 3.05) is 6.61 Å².